The number of carbonyl (C=O) groups excluding carboxylic acids is 1. The third-order valence-corrected chi connectivity index (χ3v) is 3.99. The minimum absolute atomic E-state index is 0.131. The van der Waals surface area contributed by atoms with Crippen LogP contribution in [0.2, 0.25) is 0 Å². The summed E-state index contributed by atoms with van der Waals surface area (Å²) in [6, 6.07) is 4.33. The zero-order valence-corrected chi connectivity index (χ0v) is 12.7. The van der Waals surface area contributed by atoms with Crippen molar-refractivity contribution in [2.24, 2.45) is 0 Å². The van der Waals surface area contributed by atoms with E-state index < -0.39 is 0 Å². The molecule has 2 heterocycles. The Labute approximate surface area is 121 Å². The minimum atomic E-state index is 0.131. The molecule has 1 aliphatic rings. The van der Waals surface area contributed by atoms with E-state index in [-0.39, 0.29) is 5.91 Å². The van der Waals surface area contributed by atoms with E-state index >= 15 is 0 Å². The number of aromatic nitrogens is 1. The van der Waals surface area contributed by atoms with Gasteiger partial charge in [-0.15, -0.1) is 0 Å². The molecule has 1 aromatic heterocycles. The number of nitrogens with zero attached hydrogens (tertiary/aromatic N) is 2. The number of rotatable bonds is 4. The van der Waals surface area contributed by atoms with E-state index in [9.17, 15) is 4.79 Å². The fourth-order valence-corrected chi connectivity index (χ4v) is 2.88. The number of hydrogen-bond donors (Lipinski definition) is 1. The molecule has 4 nitrogen and oxygen atoms in total. The Hall–Kier alpha value is -1.58. The van der Waals surface area contributed by atoms with Crippen LogP contribution in [0.15, 0.2) is 18.3 Å². The first-order valence-corrected chi connectivity index (χ1v) is 7.66. The number of carbonyl (C=O) groups is 1. The fraction of sp³-hybridized carbons (Fsp3) is 0.625. The predicted octanol–water partition coefficient (Wildman–Crippen LogP) is 3.31. The molecule has 110 valence electrons. The molecule has 2 atom stereocenters. The molecule has 2 rings (SSSR count). The zero-order valence-electron chi connectivity index (χ0n) is 12.7. The predicted molar refractivity (Wildman–Crippen MR) is 82.0 cm³/mol. The van der Waals surface area contributed by atoms with Crippen molar-refractivity contribution >= 4 is 11.7 Å². The maximum atomic E-state index is 12.7. The Balaban J connectivity index is 2.15. The topological polar surface area (TPSA) is 45.2 Å². The molecule has 1 aliphatic heterocycles. The number of amides is 1. The molecule has 0 unspecified atom stereocenters. The molecule has 20 heavy (non-hydrogen) atoms. The van der Waals surface area contributed by atoms with Crippen molar-refractivity contribution in [1.29, 1.82) is 0 Å². The lowest BCUT2D eigenvalue weighted by atomic mass is 9.96. The average Bonchev–Trinajstić information content (AvgIpc) is 2.45. The summed E-state index contributed by atoms with van der Waals surface area (Å²) in [6.07, 6.45) is 6.17. The number of anilines is 1. The van der Waals surface area contributed by atoms with Crippen molar-refractivity contribution in [3.8, 4) is 0 Å². The molecule has 0 radical (unpaired) electrons. The smallest absolute Gasteiger partial charge is 0.254 e. The number of piperidine rings is 1. The second kappa shape index (κ2) is 6.73. The zero-order chi connectivity index (χ0) is 14.5. The maximum absolute atomic E-state index is 12.7. The first-order valence-electron chi connectivity index (χ1n) is 7.66. The molecule has 0 saturated carbocycles. The standard InChI is InChI=1S/C16H25N3O/c1-4-9-17-15-11-14(8-10-18-15)16(20)19-12(2)6-5-7-13(19)3/h8,10-13H,4-7,9H2,1-3H3,(H,17,18)/t12-,13+. The van der Waals surface area contributed by atoms with Crippen LogP contribution in [0.4, 0.5) is 5.82 Å². The van der Waals surface area contributed by atoms with Gasteiger partial charge < -0.3 is 10.2 Å². The summed E-state index contributed by atoms with van der Waals surface area (Å²) in [6.45, 7) is 7.27. The summed E-state index contributed by atoms with van der Waals surface area (Å²) in [5.74, 6) is 0.918. The van der Waals surface area contributed by atoms with Gasteiger partial charge in [0.25, 0.3) is 5.91 Å². The van der Waals surface area contributed by atoms with Crippen LogP contribution in [0, 0.1) is 0 Å². The van der Waals surface area contributed by atoms with Gasteiger partial charge in [-0.05, 0) is 51.7 Å². The van der Waals surface area contributed by atoms with Gasteiger partial charge in [0.2, 0.25) is 0 Å². The van der Waals surface area contributed by atoms with Crippen LogP contribution in [0.1, 0.15) is 56.8 Å². The van der Waals surface area contributed by atoms with Crippen molar-refractivity contribution in [2.45, 2.75) is 58.5 Å². The first kappa shape index (κ1) is 14.8. The Morgan fingerprint density at radius 3 is 2.75 bits per heavy atom. The average molecular weight is 275 g/mol. The Bertz CT molecular complexity index is 451. The highest BCUT2D eigenvalue weighted by Crippen LogP contribution is 2.24. The van der Waals surface area contributed by atoms with E-state index in [1.165, 1.54) is 6.42 Å². The lowest BCUT2D eigenvalue weighted by Gasteiger charge is -2.39. The van der Waals surface area contributed by atoms with E-state index in [1.54, 1.807) is 6.20 Å². The van der Waals surface area contributed by atoms with Gasteiger partial charge in [0, 0.05) is 30.4 Å². The first-order chi connectivity index (χ1) is 9.63. The minimum Gasteiger partial charge on any atom is -0.370 e. The van der Waals surface area contributed by atoms with E-state index in [1.807, 2.05) is 17.0 Å². The van der Waals surface area contributed by atoms with Crippen molar-refractivity contribution < 1.29 is 4.79 Å². The highest BCUT2D eigenvalue weighted by molar-refractivity contribution is 5.95. The van der Waals surface area contributed by atoms with E-state index in [4.69, 9.17) is 0 Å². The Kier molecular flexibility index (Phi) is 4.99. The monoisotopic (exact) mass is 275 g/mol. The van der Waals surface area contributed by atoms with Crippen LogP contribution in [-0.4, -0.2) is 34.4 Å². The molecular formula is C16H25N3O. The summed E-state index contributed by atoms with van der Waals surface area (Å²) in [4.78, 5) is 19.0. The van der Waals surface area contributed by atoms with Gasteiger partial charge in [-0.1, -0.05) is 6.92 Å². The van der Waals surface area contributed by atoms with Gasteiger partial charge in [-0.25, -0.2) is 4.98 Å². The number of hydrogen-bond acceptors (Lipinski definition) is 3. The largest absolute Gasteiger partial charge is 0.370 e. The van der Waals surface area contributed by atoms with Gasteiger partial charge in [0.15, 0.2) is 0 Å². The van der Waals surface area contributed by atoms with Gasteiger partial charge in [0.05, 0.1) is 0 Å². The van der Waals surface area contributed by atoms with Crippen LogP contribution in [0.3, 0.4) is 0 Å². The molecule has 1 amide bonds. The normalized spacial score (nSPS) is 22.6. The van der Waals surface area contributed by atoms with Crippen molar-refractivity contribution in [3.63, 3.8) is 0 Å². The second-order valence-corrected chi connectivity index (χ2v) is 5.70. The lowest BCUT2D eigenvalue weighted by molar-refractivity contribution is 0.0510. The van der Waals surface area contributed by atoms with Crippen LogP contribution in [0.25, 0.3) is 0 Å². The molecule has 1 aromatic rings. The van der Waals surface area contributed by atoms with E-state index in [0.29, 0.717) is 12.1 Å². The molecule has 1 fully saturated rings. The highest BCUT2D eigenvalue weighted by Gasteiger charge is 2.29. The fourth-order valence-electron chi connectivity index (χ4n) is 2.88. The third kappa shape index (κ3) is 3.30. The number of likely N-dealkylation sites (tertiary alicyclic amines) is 1. The summed E-state index contributed by atoms with van der Waals surface area (Å²) in [5.41, 5.74) is 0.735. The summed E-state index contributed by atoms with van der Waals surface area (Å²) in [5, 5.41) is 3.23. The Morgan fingerprint density at radius 1 is 1.40 bits per heavy atom. The summed E-state index contributed by atoms with van der Waals surface area (Å²) >= 11 is 0. The van der Waals surface area contributed by atoms with Gasteiger partial charge in [-0.2, -0.15) is 0 Å². The van der Waals surface area contributed by atoms with Crippen molar-refractivity contribution in [1.82, 2.24) is 9.88 Å². The second-order valence-electron chi connectivity index (χ2n) is 5.70. The summed E-state index contributed by atoms with van der Waals surface area (Å²) < 4.78 is 0. The summed E-state index contributed by atoms with van der Waals surface area (Å²) in [7, 11) is 0. The van der Waals surface area contributed by atoms with E-state index in [2.05, 4.69) is 31.1 Å². The molecule has 0 spiro atoms. The van der Waals surface area contributed by atoms with Gasteiger partial charge in [0.1, 0.15) is 5.82 Å². The highest BCUT2D eigenvalue weighted by atomic mass is 16.2. The third-order valence-electron chi connectivity index (χ3n) is 3.99. The molecule has 0 aliphatic carbocycles. The SMILES string of the molecule is CCCNc1cc(C(=O)N2[C@H](C)CCC[C@@H]2C)ccn1. The maximum Gasteiger partial charge on any atom is 0.254 e. The number of nitrogens with one attached hydrogen (secondary N) is 1. The molecular weight excluding hydrogens is 250 g/mol. The van der Waals surface area contributed by atoms with Crippen molar-refractivity contribution in [2.75, 3.05) is 11.9 Å². The van der Waals surface area contributed by atoms with Gasteiger partial charge >= 0.3 is 0 Å². The van der Waals surface area contributed by atoms with Crippen LogP contribution >= 0.6 is 0 Å². The van der Waals surface area contributed by atoms with Gasteiger partial charge in [-0.3, -0.25) is 4.79 Å². The van der Waals surface area contributed by atoms with Crippen LogP contribution in [0.5, 0.6) is 0 Å². The van der Waals surface area contributed by atoms with Crippen LogP contribution in [-0.2, 0) is 0 Å². The molecule has 4 heteroatoms. The number of pyridine rings is 1. The molecule has 1 N–H and O–H groups in total. The quantitative estimate of drug-likeness (QED) is 0.917. The van der Waals surface area contributed by atoms with E-state index in [0.717, 1.165) is 37.2 Å². The lowest BCUT2D eigenvalue weighted by Crippen LogP contribution is -2.47. The van der Waals surface area contributed by atoms with Crippen LogP contribution < -0.4 is 5.32 Å². The van der Waals surface area contributed by atoms with Crippen molar-refractivity contribution in [3.05, 3.63) is 23.9 Å². The molecule has 0 bridgehead atoms. The molecule has 1 saturated heterocycles. The molecule has 0 aromatic carbocycles. The Morgan fingerprint density at radius 2 is 2.10 bits per heavy atom.